The van der Waals surface area contributed by atoms with E-state index in [0.29, 0.717) is 46.1 Å². The van der Waals surface area contributed by atoms with Gasteiger partial charge in [-0.3, -0.25) is 14.5 Å². The highest BCUT2D eigenvalue weighted by Crippen LogP contribution is 2.45. The highest BCUT2D eigenvalue weighted by Gasteiger charge is 2.48. The molecule has 1 N–H and O–H groups in total. The number of ether oxygens (including phenoxy) is 2. The SMILES string of the molecule is CCOc1cc(C2/C(=C(\O)c3ccc(F)cc3)C(=O)C(=O)N2c2nnc(SCc3ccccc3F)s2)ccc1OCCC(C)C. The van der Waals surface area contributed by atoms with Gasteiger partial charge in [0.2, 0.25) is 5.13 Å². The average molecular weight is 652 g/mol. The minimum Gasteiger partial charge on any atom is -0.507 e. The second-order valence-corrected chi connectivity index (χ2v) is 12.8. The molecule has 2 heterocycles. The van der Waals surface area contributed by atoms with Gasteiger partial charge in [-0.05, 0) is 72.9 Å². The number of aliphatic hydroxyl groups excluding tert-OH is 1. The van der Waals surface area contributed by atoms with Crippen molar-refractivity contribution in [2.24, 2.45) is 5.92 Å². The van der Waals surface area contributed by atoms with Crippen LogP contribution in [0.15, 0.2) is 76.6 Å². The Labute approximate surface area is 267 Å². The number of thioether (sulfide) groups is 1. The number of aliphatic hydroxyl groups is 1. The van der Waals surface area contributed by atoms with Crippen molar-refractivity contribution in [2.75, 3.05) is 18.1 Å². The highest BCUT2D eigenvalue weighted by molar-refractivity contribution is 8.00. The molecule has 1 amide bonds. The number of carbonyl (C=O) groups excluding carboxylic acids is 2. The molecule has 45 heavy (non-hydrogen) atoms. The largest absolute Gasteiger partial charge is 0.507 e. The maximum Gasteiger partial charge on any atom is 0.301 e. The Kier molecular flexibility index (Phi) is 10.1. The molecule has 1 saturated heterocycles. The van der Waals surface area contributed by atoms with Crippen molar-refractivity contribution in [3.05, 3.63) is 101 Å². The minimum atomic E-state index is -1.11. The van der Waals surface area contributed by atoms with Crippen molar-refractivity contribution < 1.29 is 33.0 Å². The molecule has 8 nitrogen and oxygen atoms in total. The number of nitrogens with zero attached hydrogens (tertiary/aromatic N) is 3. The first kappa shape index (κ1) is 32.1. The number of carbonyl (C=O) groups is 2. The van der Waals surface area contributed by atoms with Crippen LogP contribution in [0.5, 0.6) is 11.5 Å². The fourth-order valence-corrected chi connectivity index (χ4v) is 6.56. The molecule has 234 valence electrons. The van der Waals surface area contributed by atoms with Gasteiger partial charge in [-0.2, -0.15) is 0 Å². The number of rotatable bonds is 12. The van der Waals surface area contributed by atoms with E-state index in [1.54, 1.807) is 36.4 Å². The van der Waals surface area contributed by atoms with E-state index in [2.05, 4.69) is 24.0 Å². The average Bonchev–Trinajstić information content (AvgIpc) is 3.59. The summed E-state index contributed by atoms with van der Waals surface area (Å²) in [6.45, 7) is 6.82. The molecule has 4 aromatic rings. The van der Waals surface area contributed by atoms with Crippen LogP contribution in [0.1, 0.15) is 49.9 Å². The molecular formula is C33H31F2N3O5S2. The normalized spacial score (nSPS) is 16.0. The molecule has 0 radical (unpaired) electrons. The van der Waals surface area contributed by atoms with Crippen molar-refractivity contribution in [1.29, 1.82) is 0 Å². The fourth-order valence-electron chi connectivity index (χ4n) is 4.71. The first-order chi connectivity index (χ1) is 21.7. The molecule has 3 aromatic carbocycles. The molecule has 1 atom stereocenters. The lowest BCUT2D eigenvalue weighted by Gasteiger charge is -2.23. The van der Waals surface area contributed by atoms with Crippen LogP contribution >= 0.6 is 23.1 Å². The van der Waals surface area contributed by atoms with Gasteiger partial charge in [-0.15, -0.1) is 10.2 Å². The molecular weight excluding hydrogens is 621 g/mol. The van der Waals surface area contributed by atoms with E-state index in [-0.39, 0.29) is 27.8 Å². The van der Waals surface area contributed by atoms with Gasteiger partial charge < -0.3 is 14.6 Å². The summed E-state index contributed by atoms with van der Waals surface area (Å²) < 4.78 is 40.2. The summed E-state index contributed by atoms with van der Waals surface area (Å²) in [7, 11) is 0. The van der Waals surface area contributed by atoms with E-state index >= 15 is 0 Å². The van der Waals surface area contributed by atoms with Gasteiger partial charge in [0.15, 0.2) is 15.8 Å². The standard InChI is InChI=1S/C33H31F2N3O5S2/c1-4-42-26-17-21(11-14-25(26)43-16-15-19(2)3)28-27(29(39)20-9-12-23(34)13-10-20)30(40)31(41)38(28)32-36-37-33(45-32)44-18-22-7-5-6-8-24(22)35/h5-14,17,19,28,39H,4,15-16,18H2,1-3H3/b29-27+. The molecule has 1 unspecified atom stereocenters. The number of halogens is 2. The molecule has 1 fully saturated rings. The summed E-state index contributed by atoms with van der Waals surface area (Å²) in [6.07, 6.45) is 0.833. The Hall–Kier alpha value is -4.29. The molecule has 1 aromatic heterocycles. The Bertz CT molecular complexity index is 1730. The Morgan fingerprint density at radius 2 is 1.78 bits per heavy atom. The predicted molar refractivity (Wildman–Crippen MR) is 170 cm³/mol. The zero-order valence-corrected chi connectivity index (χ0v) is 26.5. The lowest BCUT2D eigenvalue weighted by Crippen LogP contribution is -2.29. The number of aromatic nitrogens is 2. The van der Waals surface area contributed by atoms with Crippen molar-refractivity contribution >= 4 is 45.7 Å². The van der Waals surface area contributed by atoms with Gasteiger partial charge in [-0.25, -0.2) is 8.78 Å². The van der Waals surface area contributed by atoms with Crippen molar-refractivity contribution in [2.45, 2.75) is 43.3 Å². The highest BCUT2D eigenvalue weighted by atomic mass is 32.2. The number of amides is 1. The van der Waals surface area contributed by atoms with Crippen LogP contribution in [0.3, 0.4) is 0 Å². The van der Waals surface area contributed by atoms with Gasteiger partial charge >= 0.3 is 5.91 Å². The second-order valence-electron chi connectivity index (χ2n) is 10.6. The smallest absolute Gasteiger partial charge is 0.301 e. The Balaban J connectivity index is 1.56. The molecule has 1 aliphatic heterocycles. The third-order valence-corrected chi connectivity index (χ3v) is 9.11. The van der Waals surface area contributed by atoms with Crippen molar-refractivity contribution in [1.82, 2.24) is 10.2 Å². The monoisotopic (exact) mass is 651 g/mol. The lowest BCUT2D eigenvalue weighted by molar-refractivity contribution is -0.132. The fraction of sp³-hybridized carbons (Fsp3) is 0.273. The van der Waals surface area contributed by atoms with Crippen LogP contribution in [-0.2, 0) is 15.3 Å². The minimum absolute atomic E-state index is 0.117. The zero-order chi connectivity index (χ0) is 32.1. The molecule has 0 bridgehead atoms. The van der Waals surface area contributed by atoms with E-state index < -0.39 is 29.3 Å². The van der Waals surface area contributed by atoms with Gasteiger partial charge in [0, 0.05) is 11.3 Å². The summed E-state index contributed by atoms with van der Waals surface area (Å²) in [5.41, 5.74) is 0.904. The van der Waals surface area contributed by atoms with Crippen molar-refractivity contribution in [3.8, 4) is 11.5 Å². The third-order valence-electron chi connectivity index (χ3n) is 7.01. The number of anilines is 1. The van der Waals surface area contributed by atoms with Crippen LogP contribution in [0.4, 0.5) is 13.9 Å². The molecule has 1 aliphatic rings. The Morgan fingerprint density at radius 3 is 2.49 bits per heavy atom. The molecule has 12 heteroatoms. The number of Topliss-reactive ketones (excluding diaryl/α,β-unsaturated/α-hetero) is 1. The van der Waals surface area contributed by atoms with E-state index in [4.69, 9.17) is 9.47 Å². The van der Waals surface area contributed by atoms with E-state index in [0.717, 1.165) is 29.9 Å². The maximum absolute atomic E-state index is 14.2. The molecule has 5 rings (SSSR count). The predicted octanol–water partition coefficient (Wildman–Crippen LogP) is 7.56. The van der Waals surface area contributed by atoms with E-state index in [1.807, 2.05) is 6.92 Å². The van der Waals surface area contributed by atoms with Gasteiger partial charge in [0.1, 0.15) is 17.4 Å². The number of ketones is 1. The first-order valence-electron chi connectivity index (χ1n) is 14.3. The van der Waals surface area contributed by atoms with Gasteiger partial charge in [-0.1, -0.05) is 61.2 Å². The van der Waals surface area contributed by atoms with E-state index in [9.17, 15) is 23.5 Å². The quantitative estimate of drug-likeness (QED) is 0.0551. The van der Waals surface area contributed by atoms with Crippen molar-refractivity contribution in [3.63, 3.8) is 0 Å². The zero-order valence-electron chi connectivity index (χ0n) is 24.8. The van der Waals surface area contributed by atoms with E-state index in [1.165, 1.54) is 34.9 Å². The molecule has 0 saturated carbocycles. The van der Waals surface area contributed by atoms with Crippen LogP contribution < -0.4 is 14.4 Å². The first-order valence-corrected chi connectivity index (χ1v) is 16.1. The number of hydrogen-bond donors (Lipinski definition) is 1. The van der Waals surface area contributed by atoms with Crippen LogP contribution in [0, 0.1) is 17.6 Å². The summed E-state index contributed by atoms with van der Waals surface area (Å²) in [5.74, 6) is -1.56. The maximum atomic E-state index is 14.2. The third kappa shape index (κ3) is 7.18. The Morgan fingerprint density at radius 1 is 1.02 bits per heavy atom. The summed E-state index contributed by atoms with van der Waals surface area (Å²) in [5, 5.41) is 19.9. The van der Waals surface area contributed by atoms with Crippen LogP contribution in [-0.4, -0.2) is 40.2 Å². The topological polar surface area (TPSA) is 102 Å². The number of benzene rings is 3. The van der Waals surface area contributed by atoms with Gasteiger partial charge in [0.05, 0.1) is 24.8 Å². The summed E-state index contributed by atoms with van der Waals surface area (Å²) in [4.78, 5) is 28.4. The molecule has 0 aliphatic carbocycles. The molecule has 0 spiro atoms. The van der Waals surface area contributed by atoms with Crippen LogP contribution in [0.25, 0.3) is 5.76 Å². The number of hydrogen-bond acceptors (Lipinski definition) is 9. The lowest BCUT2D eigenvalue weighted by atomic mass is 9.95. The second kappa shape index (κ2) is 14.2. The summed E-state index contributed by atoms with van der Waals surface area (Å²) >= 11 is 2.30. The van der Waals surface area contributed by atoms with Crippen LogP contribution in [0.2, 0.25) is 0 Å². The summed E-state index contributed by atoms with van der Waals surface area (Å²) in [6, 6.07) is 15.3. The van der Waals surface area contributed by atoms with Gasteiger partial charge in [0.25, 0.3) is 5.78 Å².